The maximum Gasteiger partial charge on any atom is 0.319 e. The Morgan fingerprint density at radius 3 is 2.65 bits per heavy atom. The van der Waals surface area contributed by atoms with E-state index in [1.54, 1.807) is 6.92 Å². The molecule has 0 saturated heterocycles. The summed E-state index contributed by atoms with van der Waals surface area (Å²) < 4.78 is 5.10. The first-order valence-corrected chi connectivity index (χ1v) is 6.44. The first-order valence-electron chi connectivity index (χ1n) is 6.44. The van der Waals surface area contributed by atoms with Crippen molar-refractivity contribution in [2.45, 2.75) is 52.4 Å². The van der Waals surface area contributed by atoms with Crippen LogP contribution in [0.15, 0.2) is 12.2 Å². The number of allylic oxidation sites excluding steroid dienone is 1. The summed E-state index contributed by atoms with van der Waals surface area (Å²) in [4.78, 5) is 24.2. The van der Waals surface area contributed by atoms with E-state index in [9.17, 15) is 9.59 Å². The molecule has 1 rings (SSSR count). The highest BCUT2D eigenvalue weighted by molar-refractivity contribution is 6.04. The highest BCUT2D eigenvalue weighted by Crippen LogP contribution is 2.40. The van der Waals surface area contributed by atoms with Crippen molar-refractivity contribution >= 4 is 11.8 Å². The summed E-state index contributed by atoms with van der Waals surface area (Å²) in [5.41, 5.74) is 0.0229. The third-order valence-electron chi connectivity index (χ3n) is 3.51. The second-order valence-corrected chi connectivity index (χ2v) is 4.71. The molecule has 0 spiro atoms. The van der Waals surface area contributed by atoms with Gasteiger partial charge in [0, 0.05) is 6.42 Å². The topological polar surface area (TPSA) is 43.4 Å². The van der Waals surface area contributed by atoms with E-state index >= 15 is 0 Å². The molecule has 0 aromatic heterocycles. The van der Waals surface area contributed by atoms with E-state index in [4.69, 9.17) is 4.74 Å². The van der Waals surface area contributed by atoms with Crippen LogP contribution in [0.2, 0.25) is 0 Å². The summed E-state index contributed by atoms with van der Waals surface area (Å²) in [6.07, 6.45) is 4.18. The van der Waals surface area contributed by atoms with Crippen molar-refractivity contribution < 1.29 is 14.3 Å². The van der Waals surface area contributed by atoms with Crippen LogP contribution in [0.1, 0.15) is 52.4 Å². The van der Waals surface area contributed by atoms with Gasteiger partial charge in [-0.2, -0.15) is 0 Å². The average molecular weight is 238 g/mol. The monoisotopic (exact) mass is 238 g/mol. The number of hydrogen-bond acceptors (Lipinski definition) is 3. The summed E-state index contributed by atoms with van der Waals surface area (Å²) in [5, 5.41) is 0. The number of ether oxygens (including phenoxy) is 1. The summed E-state index contributed by atoms with van der Waals surface area (Å²) in [7, 11) is 0. The zero-order chi connectivity index (χ0) is 12.9. The molecule has 3 heteroatoms. The van der Waals surface area contributed by atoms with Crippen LogP contribution in [-0.2, 0) is 14.3 Å². The third-order valence-corrected chi connectivity index (χ3v) is 3.51. The largest absolute Gasteiger partial charge is 0.465 e. The van der Waals surface area contributed by atoms with Gasteiger partial charge < -0.3 is 4.74 Å². The van der Waals surface area contributed by atoms with Gasteiger partial charge >= 0.3 is 5.97 Å². The van der Waals surface area contributed by atoms with Crippen molar-refractivity contribution in [3.8, 4) is 0 Å². The molecular weight excluding hydrogens is 216 g/mol. The van der Waals surface area contributed by atoms with E-state index in [1.807, 2.05) is 6.92 Å². The minimum atomic E-state index is -0.929. The van der Waals surface area contributed by atoms with Crippen molar-refractivity contribution in [2.75, 3.05) is 6.61 Å². The Morgan fingerprint density at radius 2 is 2.12 bits per heavy atom. The molecule has 0 heterocycles. The summed E-state index contributed by atoms with van der Waals surface area (Å²) >= 11 is 0. The maximum atomic E-state index is 12.1. The molecule has 0 bridgehead atoms. The first kappa shape index (κ1) is 13.9. The van der Waals surface area contributed by atoms with Crippen LogP contribution in [-0.4, -0.2) is 18.4 Å². The highest BCUT2D eigenvalue weighted by Gasteiger charge is 2.47. The molecule has 0 radical (unpaired) electrons. The smallest absolute Gasteiger partial charge is 0.319 e. The fourth-order valence-corrected chi connectivity index (χ4v) is 2.39. The lowest BCUT2D eigenvalue weighted by molar-refractivity contribution is -0.162. The summed E-state index contributed by atoms with van der Waals surface area (Å²) in [6, 6.07) is 0. The summed E-state index contributed by atoms with van der Waals surface area (Å²) in [5.74, 6) is -0.309. The van der Waals surface area contributed by atoms with E-state index in [-0.39, 0.29) is 11.8 Å². The molecule has 0 aliphatic heterocycles. The maximum absolute atomic E-state index is 12.1. The van der Waals surface area contributed by atoms with E-state index < -0.39 is 5.41 Å². The Hall–Kier alpha value is -1.12. The molecule has 0 aromatic carbocycles. The molecule has 1 aliphatic rings. The number of carbonyl (C=O) groups excluding carboxylic acids is 2. The zero-order valence-electron chi connectivity index (χ0n) is 10.9. The molecule has 96 valence electrons. The quantitative estimate of drug-likeness (QED) is 0.420. The Labute approximate surface area is 103 Å². The zero-order valence-corrected chi connectivity index (χ0v) is 10.9. The van der Waals surface area contributed by atoms with E-state index in [1.165, 1.54) is 0 Å². The van der Waals surface area contributed by atoms with Gasteiger partial charge in [0.15, 0.2) is 5.78 Å². The normalized spacial score (nSPS) is 24.5. The average Bonchev–Trinajstić information content (AvgIpc) is 2.32. The molecule has 1 unspecified atom stereocenters. The Balaban J connectivity index is 2.93. The molecule has 0 N–H and O–H groups in total. The van der Waals surface area contributed by atoms with Gasteiger partial charge in [-0.1, -0.05) is 25.5 Å². The van der Waals surface area contributed by atoms with Crippen molar-refractivity contribution in [2.24, 2.45) is 5.41 Å². The predicted molar refractivity (Wildman–Crippen MR) is 66.6 cm³/mol. The highest BCUT2D eigenvalue weighted by atomic mass is 16.5. The molecular formula is C14H22O3. The van der Waals surface area contributed by atoms with Crippen LogP contribution < -0.4 is 0 Å². The molecule has 0 aromatic rings. The Bertz CT molecular complexity index is 319. The van der Waals surface area contributed by atoms with Crippen LogP contribution in [0.3, 0.4) is 0 Å². The van der Waals surface area contributed by atoms with Gasteiger partial charge in [0.2, 0.25) is 0 Å². The second-order valence-electron chi connectivity index (χ2n) is 4.71. The summed E-state index contributed by atoms with van der Waals surface area (Å²) in [6.45, 7) is 8.02. The Kier molecular flexibility index (Phi) is 4.91. The molecule has 1 fully saturated rings. The van der Waals surface area contributed by atoms with E-state index in [0.29, 0.717) is 25.9 Å². The molecule has 0 amide bonds. The number of hydrogen-bond donors (Lipinski definition) is 0. The lowest BCUT2D eigenvalue weighted by Crippen LogP contribution is -2.43. The van der Waals surface area contributed by atoms with Gasteiger partial charge in [-0.3, -0.25) is 9.59 Å². The van der Waals surface area contributed by atoms with E-state index in [0.717, 1.165) is 24.8 Å². The van der Waals surface area contributed by atoms with Crippen molar-refractivity contribution in [3.63, 3.8) is 0 Å². The number of esters is 1. The molecule has 1 saturated carbocycles. The number of rotatable bonds is 5. The van der Waals surface area contributed by atoms with Crippen LogP contribution in [0.5, 0.6) is 0 Å². The second kappa shape index (κ2) is 5.99. The van der Waals surface area contributed by atoms with Crippen LogP contribution in [0.4, 0.5) is 0 Å². The lowest BCUT2D eigenvalue weighted by atomic mass is 9.69. The fraction of sp³-hybridized carbons (Fsp3) is 0.714. The van der Waals surface area contributed by atoms with Crippen LogP contribution in [0.25, 0.3) is 0 Å². The Morgan fingerprint density at radius 1 is 1.41 bits per heavy atom. The van der Waals surface area contributed by atoms with Gasteiger partial charge in [0.05, 0.1) is 6.61 Å². The minimum Gasteiger partial charge on any atom is -0.465 e. The van der Waals surface area contributed by atoms with Gasteiger partial charge in [0.1, 0.15) is 5.41 Å². The predicted octanol–water partition coefficient (Wildman–Crippen LogP) is 3.04. The van der Waals surface area contributed by atoms with Gasteiger partial charge in [-0.25, -0.2) is 0 Å². The lowest BCUT2D eigenvalue weighted by Gasteiger charge is -2.33. The van der Waals surface area contributed by atoms with Crippen molar-refractivity contribution in [3.05, 3.63) is 12.2 Å². The van der Waals surface area contributed by atoms with Crippen LogP contribution in [0, 0.1) is 5.41 Å². The standard InChI is InChI=1S/C14H22O3/c1-4-11(3)10-14(13(16)17-5-2)9-7-6-8-12(14)15/h3-10H2,1-2H3. The number of Topliss-reactive ketones (excluding diaryl/α,β-unsaturated/α-hetero) is 1. The van der Waals surface area contributed by atoms with Crippen molar-refractivity contribution in [1.82, 2.24) is 0 Å². The molecule has 17 heavy (non-hydrogen) atoms. The number of carbonyl (C=O) groups is 2. The van der Waals surface area contributed by atoms with Gasteiger partial charge in [-0.05, 0) is 32.6 Å². The number of ketones is 1. The van der Waals surface area contributed by atoms with Gasteiger partial charge in [-0.15, -0.1) is 0 Å². The fourth-order valence-electron chi connectivity index (χ4n) is 2.39. The minimum absolute atomic E-state index is 0.0387. The third kappa shape index (κ3) is 2.96. The van der Waals surface area contributed by atoms with Gasteiger partial charge in [0.25, 0.3) is 0 Å². The van der Waals surface area contributed by atoms with Crippen LogP contribution >= 0.6 is 0 Å². The molecule has 3 nitrogen and oxygen atoms in total. The van der Waals surface area contributed by atoms with E-state index in [2.05, 4.69) is 6.58 Å². The van der Waals surface area contributed by atoms with Crippen molar-refractivity contribution in [1.29, 1.82) is 0 Å². The molecule has 1 aliphatic carbocycles. The first-order chi connectivity index (χ1) is 8.06. The molecule has 1 atom stereocenters. The SMILES string of the molecule is C=C(CC)CC1(C(=O)OCC)CCCCC1=O.